The second kappa shape index (κ2) is 4.90. The smallest absolute Gasteiger partial charge is 0.0622 e. The summed E-state index contributed by atoms with van der Waals surface area (Å²) in [6, 6.07) is 17.5. The maximum atomic E-state index is 8.54. The Morgan fingerprint density at radius 3 is 1.88 bits per heavy atom. The molecule has 2 aromatic carbocycles. The molecule has 0 amide bonds. The second-order valence-electron chi connectivity index (χ2n) is 3.44. The van der Waals surface area contributed by atoms with Crippen molar-refractivity contribution in [2.45, 2.75) is 0 Å². The minimum absolute atomic E-state index is 0.567. The summed E-state index contributed by atoms with van der Waals surface area (Å²) in [4.78, 5) is 3.11. The lowest BCUT2D eigenvalue weighted by molar-refractivity contribution is 1.46. The van der Waals surface area contributed by atoms with E-state index < -0.39 is 0 Å². The van der Waals surface area contributed by atoms with Crippen molar-refractivity contribution in [3.63, 3.8) is 0 Å². The number of diazo groups is 1. The van der Waals surface area contributed by atoms with Crippen molar-refractivity contribution in [2.75, 3.05) is 0 Å². The molecule has 0 atom stereocenters. The summed E-state index contributed by atoms with van der Waals surface area (Å²) in [5.41, 5.74) is 2.81. The van der Waals surface area contributed by atoms with Crippen LogP contribution < -0.4 is 0 Å². The minimum Gasteiger partial charge on any atom is -0.0622 e. The van der Waals surface area contributed by atoms with Crippen LogP contribution in [0.1, 0.15) is 11.1 Å². The van der Waals surface area contributed by atoms with Gasteiger partial charge in [-0.3, -0.25) is 0 Å². The third-order valence-electron chi connectivity index (χ3n) is 2.28. The third kappa shape index (κ3) is 2.55. The van der Waals surface area contributed by atoms with E-state index in [1.165, 1.54) is 5.56 Å². The first-order valence-electron chi connectivity index (χ1n) is 5.07. The van der Waals surface area contributed by atoms with E-state index in [4.69, 9.17) is 5.39 Å². The molecule has 0 aliphatic carbocycles. The van der Waals surface area contributed by atoms with Crippen LogP contribution in [-0.2, 0) is 0 Å². The monoisotopic (exact) mass is 207 g/mol. The van der Waals surface area contributed by atoms with Gasteiger partial charge in [-0.05, 0) is 23.3 Å². The standard InChI is InChI=1S/C14H11N2/c15-16-14-10-8-13(9-11-14)7-6-12-4-2-1-3-5-12/h1-11H/q+1. The Labute approximate surface area is 94.5 Å². The zero-order valence-corrected chi connectivity index (χ0v) is 8.75. The van der Waals surface area contributed by atoms with Crippen LogP contribution in [-0.4, -0.2) is 0 Å². The first-order valence-corrected chi connectivity index (χ1v) is 5.07. The van der Waals surface area contributed by atoms with Gasteiger partial charge in [-0.1, -0.05) is 42.5 Å². The Bertz CT molecular complexity index is 519. The maximum absolute atomic E-state index is 8.54. The van der Waals surface area contributed by atoms with Crippen molar-refractivity contribution < 1.29 is 0 Å². The van der Waals surface area contributed by atoms with Gasteiger partial charge in [0.2, 0.25) is 5.39 Å². The Morgan fingerprint density at radius 2 is 1.31 bits per heavy atom. The summed E-state index contributed by atoms with van der Waals surface area (Å²) >= 11 is 0. The number of rotatable bonds is 2. The highest BCUT2D eigenvalue weighted by Crippen LogP contribution is 2.14. The van der Waals surface area contributed by atoms with Gasteiger partial charge in [-0.25, -0.2) is 0 Å². The average molecular weight is 207 g/mol. The molecule has 0 unspecified atom stereocenters. The molecule has 0 aromatic heterocycles. The van der Waals surface area contributed by atoms with Crippen molar-refractivity contribution in [3.8, 4) is 0 Å². The van der Waals surface area contributed by atoms with Gasteiger partial charge in [0.15, 0.2) is 4.98 Å². The molecular weight excluding hydrogens is 196 g/mol. The summed E-state index contributed by atoms with van der Waals surface area (Å²) in [5, 5.41) is 8.54. The number of nitrogens with zero attached hydrogens (tertiary/aromatic N) is 2. The molecule has 0 bridgehead atoms. The molecule has 0 aliphatic rings. The molecule has 16 heavy (non-hydrogen) atoms. The third-order valence-corrected chi connectivity index (χ3v) is 2.28. The fraction of sp³-hybridized carbons (Fsp3) is 0. The topological polar surface area (TPSA) is 28.1 Å². The molecule has 0 radical (unpaired) electrons. The van der Waals surface area contributed by atoms with Gasteiger partial charge in [-0.2, -0.15) is 0 Å². The van der Waals surface area contributed by atoms with Gasteiger partial charge >= 0.3 is 5.69 Å². The van der Waals surface area contributed by atoms with Crippen LogP contribution in [0.5, 0.6) is 0 Å². The van der Waals surface area contributed by atoms with E-state index in [0.717, 1.165) is 5.56 Å². The number of hydrogen-bond donors (Lipinski definition) is 0. The highest BCUT2D eigenvalue weighted by Gasteiger charge is 2.00. The Kier molecular flexibility index (Phi) is 3.10. The fourth-order valence-electron chi connectivity index (χ4n) is 1.41. The first kappa shape index (κ1) is 10.1. The van der Waals surface area contributed by atoms with Gasteiger partial charge in [0, 0.05) is 12.1 Å². The SMILES string of the molecule is N#[N+]c1ccc(C=Cc2ccccc2)cc1. The molecule has 0 saturated heterocycles. The van der Waals surface area contributed by atoms with E-state index >= 15 is 0 Å². The van der Waals surface area contributed by atoms with Gasteiger partial charge in [0.05, 0.1) is 0 Å². The van der Waals surface area contributed by atoms with Gasteiger partial charge in [-0.15, -0.1) is 0 Å². The highest BCUT2D eigenvalue weighted by atomic mass is 14.8. The summed E-state index contributed by atoms with van der Waals surface area (Å²) in [6.07, 6.45) is 4.07. The number of benzene rings is 2. The zero-order chi connectivity index (χ0) is 11.2. The molecule has 76 valence electrons. The van der Waals surface area contributed by atoms with E-state index in [9.17, 15) is 0 Å². The van der Waals surface area contributed by atoms with Crippen molar-refractivity contribution >= 4 is 17.8 Å². The summed E-state index contributed by atoms with van der Waals surface area (Å²) in [7, 11) is 0. The lowest BCUT2D eigenvalue weighted by atomic mass is 10.1. The molecule has 0 fully saturated rings. The molecule has 0 aliphatic heterocycles. The average Bonchev–Trinajstić information content (AvgIpc) is 2.38. The summed E-state index contributed by atoms with van der Waals surface area (Å²) in [6.45, 7) is 0. The number of hydrogen-bond acceptors (Lipinski definition) is 1. The van der Waals surface area contributed by atoms with Crippen LogP contribution in [0, 0.1) is 5.39 Å². The summed E-state index contributed by atoms with van der Waals surface area (Å²) < 4.78 is 0. The predicted molar refractivity (Wildman–Crippen MR) is 66.6 cm³/mol. The lowest BCUT2D eigenvalue weighted by Gasteiger charge is -1.92. The molecule has 0 spiro atoms. The van der Waals surface area contributed by atoms with Crippen LogP contribution in [0.3, 0.4) is 0 Å². The van der Waals surface area contributed by atoms with Crippen LogP contribution >= 0.6 is 0 Å². The Hall–Kier alpha value is -2.40. The van der Waals surface area contributed by atoms with E-state index in [-0.39, 0.29) is 0 Å². The van der Waals surface area contributed by atoms with Crippen molar-refractivity contribution in [3.05, 3.63) is 70.7 Å². The normalized spacial score (nSPS) is 10.2. The quantitative estimate of drug-likeness (QED) is 0.531. The lowest BCUT2D eigenvalue weighted by Crippen LogP contribution is -1.71. The zero-order valence-electron chi connectivity index (χ0n) is 8.75. The maximum Gasteiger partial charge on any atom is 0.385 e. The molecule has 2 nitrogen and oxygen atoms in total. The van der Waals surface area contributed by atoms with Crippen LogP contribution in [0.4, 0.5) is 5.69 Å². The molecule has 0 N–H and O–H groups in total. The largest absolute Gasteiger partial charge is 0.385 e. The predicted octanol–water partition coefficient (Wildman–Crippen LogP) is 4.34. The molecule has 0 heterocycles. The van der Waals surface area contributed by atoms with Crippen molar-refractivity contribution in [1.29, 1.82) is 5.39 Å². The van der Waals surface area contributed by atoms with E-state index in [1.54, 1.807) is 12.1 Å². The summed E-state index contributed by atoms with van der Waals surface area (Å²) in [5.74, 6) is 0. The van der Waals surface area contributed by atoms with Crippen LogP contribution in [0.25, 0.3) is 17.1 Å². The molecule has 0 saturated carbocycles. The second-order valence-corrected chi connectivity index (χ2v) is 3.44. The molecular formula is C14H11N2+. The van der Waals surface area contributed by atoms with Crippen LogP contribution in [0.15, 0.2) is 54.6 Å². The molecule has 2 heteroatoms. The Morgan fingerprint density at radius 1 is 0.750 bits per heavy atom. The van der Waals surface area contributed by atoms with Gasteiger partial charge in [0.1, 0.15) is 0 Å². The first-order chi connectivity index (χ1) is 7.88. The Balaban J connectivity index is 2.15. The van der Waals surface area contributed by atoms with Crippen molar-refractivity contribution in [2.24, 2.45) is 0 Å². The highest BCUT2D eigenvalue weighted by molar-refractivity contribution is 5.70. The van der Waals surface area contributed by atoms with E-state index in [2.05, 4.69) is 4.98 Å². The van der Waals surface area contributed by atoms with E-state index in [0.29, 0.717) is 5.69 Å². The van der Waals surface area contributed by atoms with Gasteiger partial charge in [0.25, 0.3) is 0 Å². The molecule has 2 aromatic rings. The van der Waals surface area contributed by atoms with E-state index in [1.807, 2.05) is 54.6 Å². The fourth-order valence-corrected chi connectivity index (χ4v) is 1.41. The van der Waals surface area contributed by atoms with Crippen LogP contribution in [0.2, 0.25) is 0 Å². The molecule has 2 rings (SSSR count). The minimum atomic E-state index is 0.567. The van der Waals surface area contributed by atoms with Gasteiger partial charge < -0.3 is 0 Å². The van der Waals surface area contributed by atoms with Crippen molar-refractivity contribution in [1.82, 2.24) is 0 Å².